The van der Waals surface area contributed by atoms with Crippen LogP contribution in [-0.4, -0.2) is 42.7 Å². The number of carbonyl (C=O) groups excluding carboxylic acids is 2. The molecule has 0 fully saturated rings. The molecule has 0 saturated heterocycles. The van der Waals surface area contributed by atoms with Gasteiger partial charge in [0.2, 0.25) is 5.91 Å². The minimum atomic E-state index is -4.49. The Morgan fingerprint density at radius 2 is 1.83 bits per heavy atom. The smallest absolute Gasteiger partial charge is 0.416 e. The van der Waals surface area contributed by atoms with E-state index in [1.165, 1.54) is 12.1 Å². The number of ether oxygens (including phenoxy) is 1. The van der Waals surface area contributed by atoms with Crippen LogP contribution in [0.25, 0.3) is 0 Å². The maximum Gasteiger partial charge on any atom is 0.416 e. The molecule has 1 atom stereocenters. The highest BCUT2D eigenvalue weighted by molar-refractivity contribution is 9.10. The van der Waals surface area contributed by atoms with Crippen molar-refractivity contribution in [2.24, 2.45) is 0 Å². The molecule has 0 aliphatic carbocycles. The first-order valence-electron chi connectivity index (χ1n) is 8.44. The Morgan fingerprint density at radius 1 is 1.10 bits per heavy atom. The van der Waals surface area contributed by atoms with Gasteiger partial charge in [-0.1, -0.05) is 28.1 Å². The molecule has 6 nitrogen and oxygen atoms in total. The third-order valence-corrected chi connectivity index (χ3v) is 4.13. The van der Waals surface area contributed by atoms with Crippen molar-refractivity contribution in [3.8, 4) is 5.75 Å². The average molecular weight is 475 g/mol. The zero-order valence-electron chi connectivity index (χ0n) is 15.0. The standard InChI is InChI=1S/C19H18BrF3N2O4/c20-14-5-1-3-12(7-14)18(28)25-10-17(27)24-9-15(26)11-29-16-6-2-4-13(8-16)19(21,22)23/h1-8,15,26H,9-11H2,(H,24,27)(H,25,28). The minimum absolute atomic E-state index is 0.0495. The highest BCUT2D eigenvalue weighted by Gasteiger charge is 2.30. The van der Waals surface area contributed by atoms with Gasteiger partial charge < -0.3 is 20.5 Å². The lowest BCUT2D eigenvalue weighted by Gasteiger charge is -2.14. The molecule has 0 saturated carbocycles. The fraction of sp³-hybridized carbons (Fsp3) is 0.263. The number of hydrogen-bond donors (Lipinski definition) is 3. The predicted octanol–water partition coefficient (Wildman–Crippen LogP) is 2.75. The molecule has 0 radical (unpaired) electrons. The van der Waals surface area contributed by atoms with Crippen molar-refractivity contribution in [3.63, 3.8) is 0 Å². The lowest BCUT2D eigenvalue weighted by Crippen LogP contribution is -2.41. The van der Waals surface area contributed by atoms with E-state index >= 15 is 0 Å². The number of alkyl halides is 3. The molecule has 156 valence electrons. The van der Waals surface area contributed by atoms with Gasteiger partial charge in [0, 0.05) is 16.6 Å². The van der Waals surface area contributed by atoms with E-state index in [-0.39, 0.29) is 25.4 Å². The molecule has 0 spiro atoms. The van der Waals surface area contributed by atoms with Crippen molar-refractivity contribution in [2.75, 3.05) is 19.7 Å². The number of amides is 2. The molecule has 2 aromatic carbocycles. The molecule has 3 N–H and O–H groups in total. The Bertz CT molecular complexity index is 861. The van der Waals surface area contributed by atoms with Crippen LogP contribution in [0, 0.1) is 0 Å². The van der Waals surface area contributed by atoms with E-state index in [4.69, 9.17) is 4.74 Å². The van der Waals surface area contributed by atoms with Crippen LogP contribution in [0.2, 0.25) is 0 Å². The number of halogens is 4. The van der Waals surface area contributed by atoms with Crippen LogP contribution in [0.3, 0.4) is 0 Å². The number of aliphatic hydroxyl groups excluding tert-OH is 1. The summed E-state index contributed by atoms with van der Waals surface area (Å²) in [5.41, 5.74) is -0.485. The summed E-state index contributed by atoms with van der Waals surface area (Å²) < 4.78 is 43.8. The Hall–Kier alpha value is -2.59. The number of nitrogens with one attached hydrogen (secondary N) is 2. The summed E-state index contributed by atoms with van der Waals surface area (Å²) in [6.07, 6.45) is -5.64. The number of aliphatic hydroxyl groups is 1. The van der Waals surface area contributed by atoms with Gasteiger partial charge in [-0.3, -0.25) is 9.59 Å². The molecule has 29 heavy (non-hydrogen) atoms. The largest absolute Gasteiger partial charge is 0.491 e. The normalized spacial score (nSPS) is 12.2. The highest BCUT2D eigenvalue weighted by Crippen LogP contribution is 2.31. The van der Waals surface area contributed by atoms with Crippen LogP contribution >= 0.6 is 15.9 Å². The zero-order valence-corrected chi connectivity index (χ0v) is 16.6. The highest BCUT2D eigenvalue weighted by atomic mass is 79.9. The van der Waals surface area contributed by atoms with Gasteiger partial charge in [0.1, 0.15) is 18.5 Å². The van der Waals surface area contributed by atoms with E-state index < -0.39 is 29.7 Å². The van der Waals surface area contributed by atoms with Crippen LogP contribution in [-0.2, 0) is 11.0 Å². The number of hydrogen-bond acceptors (Lipinski definition) is 4. The van der Waals surface area contributed by atoms with E-state index in [0.717, 1.165) is 16.6 Å². The predicted molar refractivity (Wildman–Crippen MR) is 102 cm³/mol. The second kappa shape index (κ2) is 10.3. The maximum absolute atomic E-state index is 12.6. The minimum Gasteiger partial charge on any atom is -0.491 e. The third kappa shape index (κ3) is 7.74. The Morgan fingerprint density at radius 3 is 2.52 bits per heavy atom. The molecular weight excluding hydrogens is 457 g/mol. The van der Waals surface area contributed by atoms with Crippen LogP contribution in [0.15, 0.2) is 53.0 Å². The van der Waals surface area contributed by atoms with E-state index in [9.17, 15) is 27.9 Å². The van der Waals surface area contributed by atoms with Gasteiger partial charge in [0.25, 0.3) is 5.91 Å². The van der Waals surface area contributed by atoms with Crippen molar-refractivity contribution in [1.29, 1.82) is 0 Å². The number of benzene rings is 2. The first kappa shape index (κ1) is 22.7. The first-order valence-corrected chi connectivity index (χ1v) is 9.23. The van der Waals surface area contributed by atoms with Crippen molar-refractivity contribution in [1.82, 2.24) is 10.6 Å². The van der Waals surface area contributed by atoms with Crippen molar-refractivity contribution >= 4 is 27.7 Å². The Kier molecular flexibility index (Phi) is 8.03. The van der Waals surface area contributed by atoms with Crippen LogP contribution in [0.1, 0.15) is 15.9 Å². The van der Waals surface area contributed by atoms with Gasteiger partial charge in [-0.25, -0.2) is 0 Å². The lowest BCUT2D eigenvalue weighted by molar-refractivity contribution is -0.137. The van der Waals surface area contributed by atoms with Gasteiger partial charge in [-0.05, 0) is 36.4 Å². The van der Waals surface area contributed by atoms with E-state index in [1.54, 1.807) is 24.3 Å². The molecule has 0 aliphatic heterocycles. The molecule has 0 aromatic heterocycles. The fourth-order valence-electron chi connectivity index (χ4n) is 2.20. The van der Waals surface area contributed by atoms with E-state index in [1.807, 2.05) is 0 Å². The monoisotopic (exact) mass is 474 g/mol. The third-order valence-electron chi connectivity index (χ3n) is 3.63. The van der Waals surface area contributed by atoms with Crippen molar-refractivity contribution in [3.05, 3.63) is 64.1 Å². The zero-order chi connectivity index (χ0) is 21.4. The lowest BCUT2D eigenvalue weighted by atomic mass is 10.2. The molecule has 0 aliphatic rings. The molecule has 0 heterocycles. The molecule has 10 heteroatoms. The summed E-state index contributed by atoms with van der Waals surface area (Å²) in [7, 11) is 0. The van der Waals surface area contributed by atoms with Crippen LogP contribution < -0.4 is 15.4 Å². The molecule has 0 bridgehead atoms. The van der Waals surface area contributed by atoms with Gasteiger partial charge in [0.15, 0.2) is 0 Å². The maximum atomic E-state index is 12.6. The second-order valence-electron chi connectivity index (χ2n) is 5.99. The average Bonchev–Trinajstić information content (AvgIpc) is 2.68. The summed E-state index contributed by atoms with van der Waals surface area (Å²) in [6.45, 7) is -0.802. The number of carbonyl (C=O) groups is 2. The topological polar surface area (TPSA) is 87.7 Å². The Balaban J connectivity index is 1.71. The van der Waals surface area contributed by atoms with Crippen molar-refractivity contribution < 1.29 is 32.6 Å². The van der Waals surface area contributed by atoms with E-state index in [0.29, 0.717) is 5.56 Å². The van der Waals surface area contributed by atoms with Gasteiger partial charge in [-0.2, -0.15) is 13.2 Å². The van der Waals surface area contributed by atoms with Crippen molar-refractivity contribution in [2.45, 2.75) is 12.3 Å². The molecule has 2 aromatic rings. The summed E-state index contributed by atoms with van der Waals surface area (Å²) >= 11 is 3.24. The van der Waals surface area contributed by atoms with E-state index in [2.05, 4.69) is 26.6 Å². The Labute approximate surface area is 173 Å². The number of rotatable bonds is 8. The fourth-order valence-corrected chi connectivity index (χ4v) is 2.60. The second-order valence-corrected chi connectivity index (χ2v) is 6.90. The quantitative estimate of drug-likeness (QED) is 0.548. The van der Waals surface area contributed by atoms with Gasteiger partial charge >= 0.3 is 6.18 Å². The summed E-state index contributed by atoms with van der Waals surface area (Å²) in [5, 5.41) is 14.7. The van der Waals surface area contributed by atoms with Crippen LogP contribution in [0.4, 0.5) is 13.2 Å². The summed E-state index contributed by atoms with van der Waals surface area (Å²) in [4.78, 5) is 23.7. The van der Waals surface area contributed by atoms with Gasteiger partial charge in [0.05, 0.1) is 12.1 Å². The summed E-state index contributed by atoms with van der Waals surface area (Å²) in [5.74, 6) is -1.02. The molecule has 2 rings (SSSR count). The molecular formula is C19H18BrF3N2O4. The summed E-state index contributed by atoms with van der Waals surface area (Å²) in [6, 6.07) is 10.9. The first-order chi connectivity index (χ1) is 13.6. The van der Waals surface area contributed by atoms with Gasteiger partial charge in [-0.15, -0.1) is 0 Å². The molecule has 2 amide bonds. The van der Waals surface area contributed by atoms with Crippen LogP contribution in [0.5, 0.6) is 5.75 Å². The SMILES string of the molecule is O=C(CNC(=O)c1cccc(Br)c1)NCC(O)COc1cccc(C(F)(F)F)c1. The molecule has 1 unspecified atom stereocenters.